The molecule has 0 radical (unpaired) electrons. The van der Waals surface area contributed by atoms with Gasteiger partial charge in [-0.25, -0.2) is 0 Å². The summed E-state index contributed by atoms with van der Waals surface area (Å²) >= 11 is 0. The van der Waals surface area contributed by atoms with Crippen LogP contribution in [0.15, 0.2) is 0 Å². The number of nitrogens with one attached hydrogen (secondary N) is 1. The topological polar surface area (TPSA) is 38.3 Å². The first-order valence-electron chi connectivity index (χ1n) is 8.84. The van der Waals surface area contributed by atoms with Crippen molar-refractivity contribution in [1.29, 1.82) is 0 Å². The fourth-order valence-corrected chi connectivity index (χ4v) is 4.05. The Morgan fingerprint density at radius 3 is 2.38 bits per heavy atom. The van der Waals surface area contributed by atoms with Gasteiger partial charge in [0, 0.05) is 12.1 Å². The van der Waals surface area contributed by atoms with Crippen molar-refractivity contribution in [3.8, 4) is 0 Å². The Balaban J connectivity index is 1.76. The predicted molar refractivity (Wildman–Crippen MR) is 86.1 cm³/mol. The van der Waals surface area contributed by atoms with Crippen LogP contribution in [0.5, 0.6) is 0 Å². The van der Waals surface area contributed by atoms with Gasteiger partial charge in [-0.1, -0.05) is 20.8 Å². The van der Waals surface area contributed by atoms with Crippen LogP contribution >= 0.6 is 0 Å². The molecule has 0 heterocycles. The van der Waals surface area contributed by atoms with Gasteiger partial charge in [0.15, 0.2) is 0 Å². The molecule has 0 saturated heterocycles. The third-order valence-corrected chi connectivity index (χ3v) is 5.57. The first kappa shape index (κ1) is 16.8. The Kier molecular flexibility index (Phi) is 5.70. The van der Waals surface area contributed by atoms with Crippen molar-refractivity contribution in [2.45, 2.75) is 84.7 Å². The highest BCUT2D eigenvalue weighted by Crippen LogP contribution is 2.36. The highest BCUT2D eigenvalue weighted by molar-refractivity contribution is 5.72. The van der Waals surface area contributed by atoms with Crippen LogP contribution in [0.1, 0.15) is 72.6 Å². The maximum absolute atomic E-state index is 11.9. The van der Waals surface area contributed by atoms with E-state index in [1.165, 1.54) is 25.7 Å². The third kappa shape index (κ3) is 4.70. The fourth-order valence-electron chi connectivity index (χ4n) is 4.05. The van der Waals surface area contributed by atoms with Crippen molar-refractivity contribution >= 4 is 5.97 Å². The number of hydrogen-bond donors (Lipinski definition) is 1. The summed E-state index contributed by atoms with van der Waals surface area (Å²) in [5.41, 5.74) is 0.535. The average molecular weight is 295 g/mol. The maximum Gasteiger partial charge on any atom is 0.309 e. The van der Waals surface area contributed by atoms with E-state index in [2.05, 4.69) is 26.1 Å². The quantitative estimate of drug-likeness (QED) is 0.799. The first-order chi connectivity index (χ1) is 9.91. The van der Waals surface area contributed by atoms with Crippen LogP contribution < -0.4 is 5.32 Å². The second-order valence-corrected chi connectivity index (χ2v) is 7.95. The molecule has 0 aromatic rings. The molecular weight excluding hydrogens is 262 g/mol. The van der Waals surface area contributed by atoms with Crippen molar-refractivity contribution in [1.82, 2.24) is 5.32 Å². The molecule has 0 bridgehead atoms. The summed E-state index contributed by atoms with van der Waals surface area (Å²) in [5, 5.41) is 3.87. The van der Waals surface area contributed by atoms with Crippen molar-refractivity contribution in [2.24, 2.45) is 17.3 Å². The Hall–Kier alpha value is -0.570. The summed E-state index contributed by atoms with van der Waals surface area (Å²) < 4.78 is 5.20. The van der Waals surface area contributed by atoms with E-state index < -0.39 is 0 Å². The zero-order valence-electron chi connectivity index (χ0n) is 14.3. The highest BCUT2D eigenvalue weighted by Gasteiger charge is 2.35. The van der Waals surface area contributed by atoms with Crippen LogP contribution in [0, 0.1) is 17.3 Å². The number of hydrogen-bond acceptors (Lipinski definition) is 3. The zero-order chi connectivity index (χ0) is 15.5. The van der Waals surface area contributed by atoms with E-state index in [1.807, 2.05) is 6.92 Å². The molecule has 2 aliphatic carbocycles. The minimum absolute atomic E-state index is 0.0165. The van der Waals surface area contributed by atoms with Crippen LogP contribution in [0.25, 0.3) is 0 Å². The Morgan fingerprint density at radius 2 is 1.81 bits per heavy atom. The molecule has 2 aliphatic rings. The van der Waals surface area contributed by atoms with Gasteiger partial charge in [-0.05, 0) is 63.2 Å². The Morgan fingerprint density at radius 1 is 1.14 bits per heavy atom. The predicted octanol–water partition coefficient (Wildman–Crippen LogP) is 3.91. The summed E-state index contributed by atoms with van der Waals surface area (Å²) in [4.78, 5) is 11.9. The van der Waals surface area contributed by atoms with Gasteiger partial charge in [0.2, 0.25) is 0 Å². The molecule has 3 heteroatoms. The Labute approximate surface area is 130 Å². The van der Waals surface area contributed by atoms with Gasteiger partial charge in [-0.15, -0.1) is 0 Å². The molecule has 0 unspecified atom stereocenters. The van der Waals surface area contributed by atoms with Gasteiger partial charge in [0.05, 0.1) is 12.5 Å². The van der Waals surface area contributed by atoms with E-state index >= 15 is 0 Å². The largest absolute Gasteiger partial charge is 0.466 e. The van der Waals surface area contributed by atoms with E-state index in [-0.39, 0.29) is 11.9 Å². The number of ether oxygens (including phenoxy) is 1. The SMILES string of the molecule is CCOC(=O)[C@@H]1CC[C@@H](NC2CCC(C)(C)CC2)C[C@H]1C. The minimum atomic E-state index is 0.0165. The lowest BCUT2D eigenvalue weighted by atomic mass is 9.74. The van der Waals surface area contributed by atoms with E-state index in [0.29, 0.717) is 30.0 Å². The molecule has 3 atom stereocenters. The smallest absolute Gasteiger partial charge is 0.309 e. The molecule has 0 aliphatic heterocycles. The lowest BCUT2D eigenvalue weighted by molar-refractivity contribution is -0.151. The average Bonchev–Trinajstić information content (AvgIpc) is 2.41. The minimum Gasteiger partial charge on any atom is -0.466 e. The summed E-state index contributed by atoms with van der Waals surface area (Å²) in [6, 6.07) is 1.28. The molecule has 1 N–H and O–H groups in total. The van der Waals surface area contributed by atoms with E-state index in [1.54, 1.807) is 0 Å². The van der Waals surface area contributed by atoms with E-state index in [4.69, 9.17) is 4.74 Å². The van der Waals surface area contributed by atoms with Gasteiger partial charge in [-0.3, -0.25) is 4.79 Å². The van der Waals surface area contributed by atoms with E-state index in [0.717, 1.165) is 19.3 Å². The number of rotatable bonds is 4. The van der Waals surface area contributed by atoms with Crippen molar-refractivity contribution in [3.05, 3.63) is 0 Å². The summed E-state index contributed by atoms with van der Waals surface area (Å²) in [6.45, 7) is 9.37. The molecule has 2 saturated carbocycles. The molecular formula is C18H33NO2. The fraction of sp³-hybridized carbons (Fsp3) is 0.944. The molecule has 0 aromatic heterocycles. The van der Waals surface area contributed by atoms with Gasteiger partial charge in [0.1, 0.15) is 0 Å². The Bertz CT molecular complexity index is 343. The molecule has 2 rings (SSSR count). The summed E-state index contributed by atoms with van der Waals surface area (Å²) in [5.74, 6) is 0.575. The second kappa shape index (κ2) is 7.13. The lowest BCUT2D eigenvalue weighted by Gasteiger charge is -2.39. The van der Waals surface area contributed by atoms with Crippen LogP contribution in [0.4, 0.5) is 0 Å². The summed E-state index contributed by atoms with van der Waals surface area (Å²) in [6.07, 6.45) is 8.49. The molecule has 3 nitrogen and oxygen atoms in total. The van der Waals surface area contributed by atoms with Gasteiger partial charge in [0.25, 0.3) is 0 Å². The molecule has 21 heavy (non-hydrogen) atoms. The number of esters is 1. The van der Waals surface area contributed by atoms with Crippen LogP contribution in [-0.4, -0.2) is 24.7 Å². The standard InChI is InChI=1S/C18H33NO2/c1-5-21-17(20)16-7-6-15(12-13(16)2)19-14-8-10-18(3,4)11-9-14/h13-16,19H,5-12H2,1-4H3/t13-,15-,16-/m1/s1. The van der Waals surface area contributed by atoms with Crippen molar-refractivity contribution < 1.29 is 9.53 Å². The zero-order valence-corrected chi connectivity index (χ0v) is 14.3. The lowest BCUT2D eigenvalue weighted by Crippen LogP contribution is -2.45. The number of carbonyl (C=O) groups is 1. The molecule has 0 aromatic carbocycles. The second-order valence-electron chi connectivity index (χ2n) is 7.95. The van der Waals surface area contributed by atoms with Gasteiger partial charge < -0.3 is 10.1 Å². The normalized spacial score (nSPS) is 33.6. The van der Waals surface area contributed by atoms with Gasteiger partial charge >= 0.3 is 5.97 Å². The van der Waals surface area contributed by atoms with Crippen molar-refractivity contribution in [2.75, 3.05) is 6.61 Å². The van der Waals surface area contributed by atoms with Crippen LogP contribution in [0.2, 0.25) is 0 Å². The molecule has 2 fully saturated rings. The molecule has 122 valence electrons. The summed E-state index contributed by atoms with van der Waals surface area (Å²) in [7, 11) is 0. The van der Waals surface area contributed by atoms with Gasteiger partial charge in [-0.2, -0.15) is 0 Å². The van der Waals surface area contributed by atoms with E-state index in [9.17, 15) is 4.79 Å². The van der Waals surface area contributed by atoms with Crippen molar-refractivity contribution in [3.63, 3.8) is 0 Å². The third-order valence-electron chi connectivity index (χ3n) is 5.57. The maximum atomic E-state index is 11.9. The highest BCUT2D eigenvalue weighted by atomic mass is 16.5. The number of carbonyl (C=O) groups excluding carboxylic acids is 1. The van der Waals surface area contributed by atoms with Crippen LogP contribution in [0.3, 0.4) is 0 Å². The monoisotopic (exact) mass is 295 g/mol. The van der Waals surface area contributed by atoms with Crippen LogP contribution in [-0.2, 0) is 9.53 Å². The molecule has 0 amide bonds. The molecule has 0 spiro atoms. The first-order valence-corrected chi connectivity index (χ1v) is 8.84.